The Kier molecular flexibility index (Phi) is 6.35. The number of pyridine rings is 1. The number of imidazole rings is 1. The van der Waals surface area contributed by atoms with E-state index >= 15 is 0 Å². The van der Waals surface area contributed by atoms with E-state index in [1.165, 1.54) is 0 Å². The topological polar surface area (TPSA) is 78.6 Å². The molecule has 0 spiro atoms. The number of carbonyl (C=O) groups is 1. The van der Waals surface area contributed by atoms with Crippen LogP contribution in [0, 0.1) is 6.92 Å². The third kappa shape index (κ3) is 4.02. The molecule has 1 aliphatic heterocycles. The molecule has 0 saturated heterocycles. The summed E-state index contributed by atoms with van der Waals surface area (Å²) in [4.78, 5) is 26.5. The molecule has 0 bridgehead atoms. The minimum Gasteiger partial charge on any atom is -0.496 e. The van der Waals surface area contributed by atoms with E-state index in [2.05, 4.69) is 33.6 Å². The number of hydrogen-bond donors (Lipinski definition) is 0. The van der Waals surface area contributed by atoms with Crippen molar-refractivity contribution in [1.82, 2.24) is 14.5 Å². The normalized spacial score (nSPS) is 14.8. The molecule has 4 rings (SSSR count). The van der Waals surface area contributed by atoms with Crippen LogP contribution in [-0.2, 0) is 16.0 Å². The van der Waals surface area contributed by atoms with Gasteiger partial charge >= 0.3 is 5.97 Å². The second-order valence-corrected chi connectivity index (χ2v) is 7.68. The Morgan fingerprint density at radius 1 is 1.19 bits per heavy atom. The number of rotatable bonds is 7. The zero-order chi connectivity index (χ0) is 22.7. The Morgan fingerprint density at radius 2 is 2.03 bits per heavy atom. The second kappa shape index (κ2) is 9.34. The van der Waals surface area contributed by atoms with Crippen molar-refractivity contribution >= 4 is 11.7 Å². The molecule has 0 radical (unpaired) electrons. The first kappa shape index (κ1) is 21.7. The molecule has 3 heterocycles. The quantitative estimate of drug-likeness (QED) is 0.518. The number of aliphatic imine (C=N–C) groups is 1. The van der Waals surface area contributed by atoms with Gasteiger partial charge in [0.05, 0.1) is 30.8 Å². The Bertz CT molecular complexity index is 1150. The highest BCUT2D eigenvalue weighted by Gasteiger charge is 2.29. The van der Waals surface area contributed by atoms with Gasteiger partial charge in [-0.3, -0.25) is 19.3 Å². The van der Waals surface area contributed by atoms with E-state index in [4.69, 9.17) is 14.5 Å². The number of esters is 1. The van der Waals surface area contributed by atoms with Crippen LogP contribution in [0.5, 0.6) is 5.75 Å². The van der Waals surface area contributed by atoms with Crippen molar-refractivity contribution in [3.8, 4) is 11.4 Å². The lowest BCUT2D eigenvalue weighted by molar-refractivity contribution is -0.143. The molecule has 0 unspecified atom stereocenters. The average Bonchev–Trinajstić information content (AvgIpc) is 3.13. The Hall–Kier alpha value is -3.48. The van der Waals surface area contributed by atoms with Crippen molar-refractivity contribution in [2.45, 2.75) is 46.1 Å². The fourth-order valence-electron chi connectivity index (χ4n) is 4.13. The summed E-state index contributed by atoms with van der Waals surface area (Å²) >= 11 is 0. The van der Waals surface area contributed by atoms with Crippen LogP contribution in [0.3, 0.4) is 0 Å². The minimum atomic E-state index is -0.311. The molecule has 0 aliphatic carbocycles. The monoisotopic (exact) mass is 432 g/mol. The first-order valence-electron chi connectivity index (χ1n) is 11.0. The van der Waals surface area contributed by atoms with E-state index in [1.807, 2.05) is 38.2 Å². The molecule has 0 saturated carbocycles. The predicted molar refractivity (Wildman–Crippen MR) is 123 cm³/mol. The summed E-state index contributed by atoms with van der Waals surface area (Å²) in [5, 5.41) is 0. The molecule has 1 atom stereocenters. The molecular weight excluding hydrogens is 404 g/mol. The van der Waals surface area contributed by atoms with Gasteiger partial charge in [-0.15, -0.1) is 0 Å². The number of aryl methyl sites for hydroxylation is 2. The van der Waals surface area contributed by atoms with E-state index in [-0.39, 0.29) is 18.4 Å². The van der Waals surface area contributed by atoms with Crippen molar-refractivity contribution in [3.63, 3.8) is 0 Å². The zero-order valence-electron chi connectivity index (χ0n) is 19.0. The Labute approximate surface area is 188 Å². The molecule has 0 amide bonds. The van der Waals surface area contributed by atoms with Crippen LogP contribution in [0.15, 0.2) is 47.7 Å². The van der Waals surface area contributed by atoms with Crippen molar-refractivity contribution in [2.24, 2.45) is 4.99 Å². The highest BCUT2D eigenvalue weighted by molar-refractivity contribution is 6.14. The fourth-order valence-corrected chi connectivity index (χ4v) is 4.13. The van der Waals surface area contributed by atoms with E-state index in [0.717, 1.165) is 51.9 Å². The number of nitrogens with zero attached hydrogens (tertiary/aromatic N) is 4. The van der Waals surface area contributed by atoms with Crippen LogP contribution in [0.1, 0.15) is 61.1 Å². The molecule has 7 heteroatoms. The summed E-state index contributed by atoms with van der Waals surface area (Å²) < 4.78 is 13.0. The predicted octanol–water partition coefficient (Wildman–Crippen LogP) is 4.38. The molecule has 166 valence electrons. The Morgan fingerprint density at radius 3 is 2.72 bits per heavy atom. The highest BCUT2D eigenvalue weighted by Crippen LogP contribution is 2.36. The van der Waals surface area contributed by atoms with Crippen molar-refractivity contribution in [2.75, 3.05) is 13.7 Å². The SMILES string of the molecule is CCOC(=O)CC[C@@H]1N=C(c2ccccn2)c2cc(CC)c(OC)cc2-n2c(C)cnc21. The number of ether oxygens (including phenoxy) is 2. The lowest BCUT2D eigenvalue weighted by Crippen LogP contribution is -2.11. The first-order chi connectivity index (χ1) is 15.6. The molecule has 2 aromatic heterocycles. The number of carbonyl (C=O) groups excluding carboxylic acids is 1. The smallest absolute Gasteiger partial charge is 0.305 e. The number of fused-ring (bicyclic) bond motifs is 3. The van der Waals surface area contributed by atoms with Crippen LogP contribution in [0.2, 0.25) is 0 Å². The second-order valence-electron chi connectivity index (χ2n) is 7.68. The van der Waals surface area contributed by atoms with Crippen LogP contribution in [-0.4, -0.2) is 39.9 Å². The third-order valence-electron chi connectivity index (χ3n) is 5.66. The van der Waals surface area contributed by atoms with E-state index in [1.54, 1.807) is 13.3 Å². The van der Waals surface area contributed by atoms with Crippen molar-refractivity contribution in [3.05, 3.63) is 71.1 Å². The lowest BCUT2D eigenvalue weighted by atomic mass is 9.99. The Balaban J connectivity index is 1.93. The van der Waals surface area contributed by atoms with Gasteiger partial charge in [-0.2, -0.15) is 0 Å². The van der Waals surface area contributed by atoms with Gasteiger partial charge in [-0.25, -0.2) is 4.98 Å². The summed E-state index contributed by atoms with van der Waals surface area (Å²) in [6.07, 6.45) is 5.21. The molecule has 3 aromatic rings. The zero-order valence-corrected chi connectivity index (χ0v) is 19.0. The van der Waals surface area contributed by atoms with Crippen LogP contribution >= 0.6 is 0 Å². The standard InChI is InChI=1S/C25H28N4O3/c1-5-17-13-18-21(14-22(17)31-4)29-16(3)15-27-25(29)20(10-11-23(30)32-6-2)28-24(18)19-9-7-8-12-26-19/h7-9,12-15,20H,5-6,10-11H2,1-4H3/t20-/m0/s1. The maximum atomic E-state index is 12.1. The highest BCUT2D eigenvalue weighted by atomic mass is 16.5. The average molecular weight is 433 g/mol. The summed E-state index contributed by atoms with van der Waals surface area (Å²) in [6, 6.07) is 9.69. The summed E-state index contributed by atoms with van der Waals surface area (Å²) in [6.45, 7) is 6.31. The van der Waals surface area contributed by atoms with Crippen molar-refractivity contribution in [1.29, 1.82) is 0 Å². The molecular formula is C25H28N4O3. The number of hydrogen-bond acceptors (Lipinski definition) is 6. The maximum Gasteiger partial charge on any atom is 0.305 e. The van der Waals surface area contributed by atoms with Crippen LogP contribution in [0.25, 0.3) is 5.69 Å². The van der Waals surface area contributed by atoms with Crippen LogP contribution in [0.4, 0.5) is 0 Å². The van der Waals surface area contributed by atoms with Gasteiger partial charge in [-0.1, -0.05) is 13.0 Å². The summed E-state index contributed by atoms with van der Waals surface area (Å²) in [7, 11) is 1.69. The minimum absolute atomic E-state index is 0.228. The van der Waals surface area contributed by atoms with Gasteiger partial charge in [-0.05, 0) is 50.5 Å². The van der Waals surface area contributed by atoms with Gasteiger partial charge in [0.2, 0.25) is 0 Å². The number of aromatic nitrogens is 3. The summed E-state index contributed by atoms with van der Waals surface area (Å²) in [5.41, 5.74) is 5.59. The number of methoxy groups -OCH3 is 1. The number of benzene rings is 1. The lowest BCUT2D eigenvalue weighted by Gasteiger charge is -2.17. The molecule has 32 heavy (non-hydrogen) atoms. The van der Waals surface area contributed by atoms with Gasteiger partial charge in [0.1, 0.15) is 17.6 Å². The third-order valence-corrected chi connectivity index (χ3v) is 5.66. The van der Waals surface area contributed by atoms with E-state index < -0.39 is 0 Å². The fraction of sp³-hybridized carbons (Fsp3) is 0.360. The van der Waals surface area contributed by atoms with Crippen LogP contribution < -0.4 is 4.74 Å². The molecule has 0 fully saturated rings. The molecule has 7 nitrogen and oxygen atoms in total. The first-order valence-corrected chi connectivity index (χ1v) is 11.0. The van der Waals surface area contributed by atoms with Gasteiger partial charge in [0.25, 0.3) is 0 Å². The van der Waals surface area contributed by atoms with Gasteiger partial charge in [0.15, 0.2) is 0 Å². The van der Waals surface area contributed by atoms with Crippen molar-refractivity contribution < 1.29 is 14.3 Å². The summed E-state index contributed by atoms with van der Waals surface area (Å²) in [5.74, 6) is 1.40. The molecule has 1 aromatic carbocycles. The largest absolute Gasteiger partial charge is 0.496 e. The molecule has 1 aliphatic rings. The maximum absolute atomic E-state index is 12.1. The van der Waals surface area contributed by atoms with E-state index in [0.29, 0.717) is 13.0 Å². The van der Waals surface area contributed by atoms with E-state index in [9.17, 15) is 4.79 Å². The molecule has 0 N–H and O–H groups in total. The van der Waals surface area contributed by atoms with Gasteiger partial charge < -0.3 is 9.47 Å². The van der Waals surface area contributed by atoms with Gasteiger partial charge in [0, 0.05) is 36.1 Å².